The Balaban J connectivity index is 1.70. The zero-order chi connectivity index (χ0) is 17.8. The number of nitrogens with zero attached hydrogens (tertiary/aromatic N) is 2. The first-order valence-corrected chi connectivity index (χ1v) is 8.97. The van der Waals surface area contributed by atoms with Crippen molar-refractivity contribution in [3.63, 3.8) is 0 Å². The average molecular weight is 349 g/mol. The normalized spacial score (nSPS) is 29.4. The number of methoxy groups -OCH3 is 1. The molecular formula is C17H27N5O3. The van der Waals surface area contributed by atoms with Crippen molar-refractivity contribution in [2.45, 2.75) is 69.2 Å². The van der Waals surface area contributed by atoms with Crippen LogP contribution in [-0.4, -0.2) is 52.4 Å². The maximum atomic E-state index is 11.7. The van der Waals surface area contributed by atoms with Gasteiger partial charge in [-0.2, -0.15) is 4.98 Å². The molecule has 138 valence electrons. The molecule has 0 bridgehead atoms. The molecule has 2 saturated carbocycles. The number of anilines is 2. The molecule has 2 fully saturated rings. The van der Waals surface area contributed by atoms with Crippen LogP contribution in [-0.2, 0) is 4.74 Å². The topological polar surface area (TPSA) is 122 Å². The maximum absolute atomic E-state index is 11.7. The van der Waals surface area contributed by atoms with Crippen molar-refractivity contribution in [2.24, 2.45) is 5.73 Å². The Bertz CT molecular complexity index is 604. The lowest BCUT2D eigenvalue weighted by molar-refractivity contribution is 0.0681. The Labute approximate surface area is 147 Å². The third-order valence-corrected chi connectivity index (χ3v) is 5.20. The van der Waals surface area contributed by atoms with Gasteiger partial charge in [-0.05, 0) is 44.9 Å². The van der Waals surface area contributed by atoms with Crippen molar-refractivity contribution >= 4 is 17.7 Å². The van der Waals surface area contributed by atoms with Crippen LogP contribution in [0.3, 0.4) is 0 Å². The second-order valence-corrected chi connectivity index (χ2v) is 6.92. The summed E-state index contributed by atoms with van der Waals surface area (Å²) in [5.41, 5.74) is 5.68. The molecule has 0 spiro atoms. The van der Waals surface area contributed by atoms with E-state index < -0.39 is 12.0 Å². The second-order valence-electron chi connectivity index (χ2n) is 6.92. The monoisotopic (exact) mass is 349 g/mol. The van der Waals surface area contributed by atoms with Gasteiger partial charge in [0, 0.05) is 19.3 Å². The molecule has 1 amide bonds. The van der Waals surface area contributed by atoms with E-state index in [0.717, 1.165) is 44.9 Å². The molecule has 2 aliphatic carbocycles. The number of hydrogen-bond acceptors (Lipinski definition) is 7. The van der Waals surface area contributed by atoms with Gasteiger partial charge >= 0.3 is 0 Å². The van der Waals surface area contributed by atoms with Crippen LogP contribution in [0.1, 0.15) is 55.3 Å². The second kappa shape index (κ2) is 7.97. The molecule has 2 aliphatic rings. The highest BCUT2D eigenvalue weighted by atomic mass is 16.5. The lowest BCUT2D eigenvalue weighted by Gasteiger charge is -2.28. The van der Waals surface area contributed by atoms with E-state index in [0.29, 0.717) is 17.9 Å². The van der Waals surface area contributed by atoms with Gasteiger partial charge in [-0.15, -0.1) is 0 Å². The quantitative estimate of drug-likeness (QED) is 0.610. The predicted octanol–water partition coefficient (Wildman–Crippen LogP) is 1.27. The molecule has 1 aromatic heterocycles. The van der Waals surface area contributed by atoms with Gasteiger partial charge in [0.1, 0.15) is 5.82 Å². The fourth-order valence-corrected chi connectivity index (χ4v) is 3.65. The van der Waals surface area contributed by atoms with E-state index in [1.165, 1.54) is 6.20 Å². The Kier molecular flexibility index (Phi) is 5.70. The smallest absolute Gasteiger partial charge is 0.254 e. The molecule has 8 nitrogen and oxygen atoms in total. The van der Waals surface area contributed by atoms with Gasteiger partial charge in [-0.3, -0.25) is 4.79 Å². The number of ether oxygens (including phenoxy) is 1. The van der Waals surface area contributed by atoms with Crippen molar-refractivity contribution in [2.75, 3.05) is 17.7 Å². The summed E-state index contributed by atoms with van der Waals surface area (Å²) in [6, 6.07) is 0.175. The summed E-state index contributed by atoms with van der Waals surface area (Å²) >= 11 is 0. The number of hydrogen-bond donors (Lipinski definition) is 4. The van der Waals surface area contributed by atoms with Gasteiger partial charge in [0.05, 0.1) is 23.8 Å². The van der Waals surface area contributed by atoms with Crippen LogP contribution >= 0.6 is 0 Å². The van der Waals surface area contributed by atoms with E-state index in [4.69, 9.17) is 10.5 Å². The van der Waals surface area contributed by atoms with Gasteiger partial charge in [0.25, 0.3) is 5.91 Å². The van der Waals surface area contributed by atoms with Crippen molar-refractivity contribution < 1.29 is 14.6 Å². The Hall–Kier alpha value is -1.93. The summed E-state index contributed by atoms with van der Waals surface area (Å²) in [5.74, 6) is 0.282. The van der Waals surface area contributed by atoms with E-state index in [-0.39, 0.29) is 17.6 Å². The number of amides is 1. The molecule has 25 heavy (non-hydrogen) atoms. The Morgan fingerprint density at radius 2 is 2.00 bits per heavy atom. The molecule has 3 rings (SSSR count). The number of carbonyl (C=O) groups is 1. The molecule has 0 aliphatic heterocycles. The van der Waals surface area contributed by atoms with Crippen LogP contribution < -0.4 is 16.4 Å². The summed E-state index contributed by atoms with van der Waals surface area (Å²) < 4.78 is 5.39. The summed E-state index contributed by atoms with van der Waals surface area (Å²) in [4.78, 5) is 20.3. The van der Waals surface area contributed by atoms with Crippen LogP contribution in [0.25, 0.3) is 0 Å². The minimum Gasteiger partial charge on any atom is -0.391 e. The van der Waals surface area contributed by atoms with Gasteiger partial charge in [-0.25, -0.2) is 4.98 Å². The predicted molar refractivity (Wildman–Crippen MR) is 94.5 cm³/mol. The number of aliphatic hydroxyl groups is 1. The summed E-state index contributed by atoms with van der Waals surface area (Å²) in [7, 11) is 1.75. The number of rotatable bonds is 6. The van der Waals surface area contributed by atoms with Crippen LogP contribution in [0.2, 0.25) is 0 Å². The number of aliphatic hydroxyl groups excluding tert-OH is 1. The van der Waals surface area contributed by atoms with E-state index >= 15 is 0 Å². The lowest BCUT2D eigenvalue weighted by Crippen LogP contribution is -2.32. The Morgan fingerprint density at radius 3 is 2.60 bits per heavy atom. The first kappa shape index (κ1) is 17.9. The largest absolute Gasteiger partial charge is 0.391 e. The van der Waals surface area contributed by atoms with Crippen molar-refractivity contribution in [3.05, 3.63) is 11.8 Å². The highest BCUT2D eigenvalue weighted by Crippen LogP contribution is 2.26. The number of aromatic nitrogens is 2. The van der Waals surface area contributed by atoms with E-state index in [2.05, 4.69) is 20.6 Å². The number of nitrogens with one attached hydrogen (secondary N) is 2. The van der Waals surface area contributed by atoms with E-state index in [9.17, 15) is 9.90 Å². The van der Waals surface area contributed by atoms with Gasteiger partial charge < -0.3 is 26.2 Å². The van der Waals surface area contributed by atoms with Crippen molar-refractivity contribution in [1.29, 1.82) is 0 Å². The molecule has 8 heteroatoms. The molecule has 0 unspecified atom stereocenters. The maximum Gasteiger partial charge on any atom is 0.254 e. The average Bonchev–Trinajstić information content (AvgIpc) is 3.00. The number of primary amides is 1. The molecule has 1 heterocycles. The minimum atomic E-state index is -0.581. The highest BCUT2D eigenvalue weighted by molar-refractivity contribution is 5.97. The van der Waals surface area contributed by atoms with E-state index in [1.54, 1.807) is 7.11 Å². The number of carbonyl (C=O) groups excluding carboxylic acids is 1. The van der Waals surface area contributed by atoms with Crippen LogP contribution in [0.4, 0.5) is 11.8 Å². The lowest BCUT2D eigenvalue weighted by atomic mass is 9.93. The van der Waals surface area contributed by atoms with Crippen molar-refractivity contribution in [3.8, 4) is 0 Å². The third kappa shape index (κ3) is 4.38. The molecule has 2 atom stereocenters. The zero-order valence-corrected chi connectivity index (χ0v) is 14.6. The summed E-state index contributed by atoms with van der Waals surface area (Å²) in [5, 5.41) is 16.5. The molecule has 1 aromatic rings. The molecular weight excluding hydrogens is 322 g/mol. The molecule has 0 aromatic carbocycles. The number of nitrogens with two attached hydrogens (primary N) is 1. The van der Waals surface area contributed by atoms with Gasteiger partial charge in [0.15, 0.2) is 0 Å². The van der Waals surface area contributed by atoms with Crippen LogP contribution in [0.15, 0.2) is 6.20 Å². The summed E-state index contributed by atoms with van der Waals surface area (Å²) in [6.07, 6.45) is 7.88. The molecule has 0 radical (unpaired) electrons. The fraction of sp³-hybridized carbons (Fsp3) is 0.706. The molecule has 5 N–H and O–H groups in total. The highest BCUT2D eigenvalue weighted by Gasteiger charge is 2.27. The van der Waals surface area contributed by atoms with Crippen molar-refractivity contribution in [1.82, 2.24) is 9.97 Å². The van der Waals surface area contributed by atoms with E-state index in [1.807, 2.05) is 0 Å². The zero-order valence-electron chi connectivity index (χ0n) is 14.6. The van der Waals surface area contributed by atoms with Crippen LogP contribution in [0.5, 0.6) is 0 Å². The summed E-state index contributed by atoms with van der Waals surface area (Å²) in [6.45, 7) is 0. The Morgan fingerprint density at radius 1 is 1.24 bits per heavy atom. The first-order chi connectivity index (χ1) is 12.1. The standard InChI is InChI=1S/C17H27N5O3/c1-25-11-7-5-10(6-8-11)20-17-19-9-12(15(18)24)16(22-17)21-13-3-2-4-14(13)23/h9-11,13-14,23H,2-8H2,1H3,(H2,18,24)(H2,19,20,21,22)/t10?,11?,13-,14-/m1/s1. The first-order valence-electron chi connectivity index (χ1n) is 8.97. The van der Waals surface area contributed by atoms with Crippen LogP contribution in [0, 0.1) is 0 Å². The fourth-order valence-electron chi connectivity index (χ4n) is 3.65. The SMILES string of the molecule is COC1CCC(Nc2ncc(C(N)=O)c(N[C@@H]3CCC[C@H]3O)n2)CC1. The minimum absolute atomic E-state index is 0.113. The molecule has 0 saturated heterocycles. The third-order valence-electron chi connectivity index (χ3n) is 5.20. The van der Waals surface area contributed by atoms with Gasteiger partial charge in [-0.1, -0.05) is 0 Å². The van der Waals surface area contributed by atoms with Gasteiger partial charge in [0.2, 0.25) is 5.95 Å².